The van der Waals surface area contributed by atoms with E-state index in [4.69, 9.17) is 25.8 Å². The lowest BCUT2D eigenvalue weighted by Gasteiger charge is -2.63. The summed E-state index contributed by atoms with van der Waals surface area (Å²) < 4.78 is 18.1. The summed E-state index contributed by atoms with van der Waals surface area (Å²) >= 11 is 7.77. The van der Waals surface area contributed by atoms with Gasteiger partial charge in [0.05, 0.1) is 27.6 Å². The first-order chi connectivity index (χ1) is 34.6. The second kappa shape index (κ2) is 22.8. The Morgan fingerprint density at radius 3 is 2.27 bits per heavy atom. The summed E-state index contributed by atoms with van der Waals surface area (Å²) in [5.41, 5.74) is -0.558. The third-order valence-corrected chi connectivity index (χ3v) is 15.3. The fourth-order valence-corrected chi connectivity index (χ4v) is 11.2. The van der Waals surface area contributed by atoms with Crippen LogP contribution in [-0.2, 0) is 25.7 Å². The third kappa shape index (κ3) is 13.1. The molecule has 18 heteroatoms. The van der Waals surface area contributed by atoms with Crippen molar-refractivity contribution < 1.29 is 43.3 Å². The lowest BCUT2D eigenvalue weighted by atomic mass is 9.49. The second-order valence-electron chi connectivity index (χ2n) is 22.7. The summed E-state index contributed by atoms with van der Waals surface area (Å²) in [6.45, 7) is 21.0. The molecule has 4 amide bonds. The van der Waals surface area contributed by atoms with Gasteiger partial charge in [-0.05, 0) is 113 Å². The molecule has 6 rings (SSSR count). The van der Waals surface area contributed by atoms with E-state index in [1.165, 1.54) is 16.2 Å². The molecule has 2 fully saturated rings. The van der Waals surface area contributed by atoms with Crippen molar-refractivity contribution in [3.63, 3.8) is 0 Å². The van der Waals surface area contributed by atoms with Crippen LogP contribution in [0.3, 0.4) is 0 Å². The molecular formula is C56H72ClN7O9S. The lowest BCUT2D eigenvalue weighted by Crippen LogP contribution is -2.74. The third-order valence-electron chi connectivity index (χ3n) is 14.1. The molecule has 1 aliphatic carbocycles. The highest BCUT2D eigenvalue weighted by Gasteiger charge is 2.64. The van der Waals surface area contributed by atoms with E-state index in [1.807, 2.05) is 52.8 Å². The number of hydrogen-bond donors (Lipinski definition) is 4. The molecule has 1 saturated heterocycles. The van der Waals surface area contributed by atoms with Gasteiger partial charge in [0.2, 0.25) is 5.91 Å². The number of halogens is 1. The Morgan fingerprint density at radius 1 is 0.973 bits per heavy atom. The molecule has 398 valence electrons. The molecule has 1 saturated carbocycles. The molecular weight excluding hydrogens is 982 g/mol. The van der Waals surface area contributed by atoms with Gasteiger partial charge in [-0.1, -0.05) is 72.2 Å². The number of aryl methyl sites for hydroxylation is 1. The first-order valence-electron chi connectivity index (χ1n) is 25.0. The predicted molar refractivity (Wildman–Crippen MR) is 285 cm³/mol. The average molecular weight is 1050 g/mol. The number of carbonyl (C=O) groups excluding carboxylic acids is 5. The van der Waals surface area contributed by atoms with Crippen LogP contribution < -0.4 is 25.4 Å². The number of aromatic nitrogens is 1. The van der Waals surface area contributed by atoms with Crippen LogP contribution >= 0.6 is 22.9 Å². The number of hydrogen-bond acceptors (Lipinski definition) is 13. The van der Waals surface area contributed by atoms with E-state index in [0.29, 0.717) is 59.8 Å². The molecule has 4 N–H and O–H groups in total. The van der Waals surface area contributed by atoms with Crippen LogP contribution in [0.25, 0.3) is 10.4 Å². The van der Waals surface area contributed by atoms with Crippen molar-refractivity contribution in [1.29, 1.82) is 5.26 Å². The number of β-amino-alcohol motifs (C(OH)–C–C–N with tert-alkyl or cyclic N) is 1. The van der Waals surface area contributed by atoms with Crippen LogP contribution in [0.2, 0.25) is 5.02 Å². The number of nitrogens with zero attached hydrogens (tertiary/aromatic N) is 4. The van der Waals surface area contributed by atoms with Crippen LogP contribution in [0.15, 0.2) is 72.4 Å². The zero-order valence-corrected chi connectivity index (χ0v) is 46.1. The fourth-order valence-electron chi connectivity index (χ4n) is 10.3. The van der Waals surface area contributed by atoms with Crippen molar-refractivity contribution in [1.82, 2.24) is 30.7 Å². The number of aldehydes is 1. The SMILES string of the molecule is Cc1ccc(CNC(=O)[C@@]2(O)CCN([C@@](C=O)(NC(=O)CN(CCCCCOc3ccc(C(=O)N[C@H]4C(C)(C)[C@H](Oc5ccc(C#N)c(Cl)c5)C4(C)C)cc3)C(=O)OC(C)(C)C)C(C)(C)C)C2)cc1-c1cncs1. The number of rotatable bonds is 20. The number of likely N-dealkylation sites (tertiary alicyclic amines) is 1. The minimum absolute atomic E-state index is 0.0204. The van der Waals surface area contributed by atoms with Crippen LogP contribution in [0, 0.1) is 34.5 Å². The monoisotopic (exact) mass is 1050 g/mol. The molecule has 1 aromatic heterocycles. The molecule has 0 bridgehead atoms. The number of ether oxygens (including phenoxy) is 3. The van der Waals surface area contributed by atoms with Gasteiger partial charge in [-0.25, -0.2) is 4.79 Å². The molecule has 0 spiro atoms. The maximum atomic E-state index is 14.0. The van der Waals surface area contributed by atoms with Crippen LogP contribution in [0.4, 0.5) is 4.79 Å². The quantitative estimate of drug-likeness (QED) is 0.0483. The molecule has 2 heterocycles. The smallest absolute Gasteiger partial charge is 0.410 e. The van der Waals surface area contributed by atoms with E-state index in [9.17, 15) is 34.3 Å². The summed E-state index contributed by atoms with van der Waals surface area (Å²) in [5.74, 6) is -0.279. The van der Waals surface area contributed by atoms with Crippen LogP contribution in [-0.4, -0.2) is 112 Å². The van der Waals surface area contributed by atoms with E-state index in [-0.39, 0.29) is 50.7 Å². The topological polar surface area (TPSA) is 213 Å². The van der Waals surface area contributed by atoms with Crippen molar-refractivity contribution in [2.24, 2.45) is 16.2 Å². The Balaban J connectivity index is 0.991. The molecule has 16 nitrogen and oxygen atoms in total. The van der Waals surface area contributed by atoms with Crippen molar-refractivity contribution in [2.45, 2.75) is 137 Å². The van der Waals surface area contributed by atoms with Gasteiger partial charge in [0.25, 0.3) is 11.8 Å². The van der Waals surface area contributed by atoms with Gasteiger partial charge in [0, 0.05) is 66.3 Å². The Labute approximate surface area is 444 Å². The Kier molecular flexibility index (Phi) is 17.6. The van der Waals surface area contributed by atoms with Gasteiger partial charge >= 0.3 is 6.09 Å². The van der Waals surface area contributed by atoms with Crippen LogP contribution in [0.1, 0.15) is 122 Å². The van der Waals surface area contributed by atoms with Crippen molar-refractivity contribution in [3.8, 4) is 28.0 Å². The van der Waals surface area contributed by atoms with Gasteiger partial charge < -0.3 is 35.3 Å². The van der Waals surface area contributed by atoms with Gasteiger partial charge in [-0.15, -0.1) is 11.3 Å². The van der Waals surface area contributed by atoms with E-state index in [2.05, 4.69) is 27.0 Å². The number of benzene rings is 3. The summed E-state index contributed by atoms with van der Waals surface area (Å²) in [6.07, 6.45) is 3.31. The second-order valence-corrected chi connectivity index (χ2v) is 24.0. The first-order valence-corrected chi connectivity index (χ1v) is 26.3. The van der Waals surface area contributed by atoms with E-state index in [1.54, 1.807) is 101 Å². The number of amides is 4. The molecule has 0 unspecified atom stereocenters. The minimum atomic E-state index is -1.85. The van der Waals surface area contributed by atoms with Gasteiger partial charge in [0.1, 0.15) is 35.8 Å². The molecule has 1 aliphatic heterocycles. The Bertz CT molecular complexity index is 2700. The van der Waals surface area contributed by atoms with Gasteiger partial charge in [-0.2, -0.15) is 5.26 Å². The van der Waals surface area contributed by atoms with E-state index < -0.39 is 57.6 Å². The summed E-state index contributed by atoms with van der Waals surface area (Å²) in [5, 5.41) is 30.3. The minimum Gasteiger partial charge on any atom is -0.494 e. The highest BCUT2D eigenvalue weighted by molar-refractivity contribution is 7.13. The van der Waals surface area contributed by atoms with Gasteiger partial charge in [0.15, 0.2) is 17.6 Å². The highest BCUT2D eigenvalue weighted by Crippen LogP contribution is 2.55. The summed E-state index contributed by atoms with van der Waals surface area (Å²) in [6, 6.07) is 19.7. The first kappa shape index (κ1) is 57.2. The Morgan fingerprint density at radius 2 is 1.66 bits per heavy atom. The number of aliphatic hydroxyl groups is 1. The summed E-state index contributed by atoms with van der Waals surface area (Å²) in [7, 11) is 0. The van der Waals surface area contributed by atoms with Crippen molar-refractivity contribution in [2.75, 3.05) is 32.8 Å². The number of unbranched alkanes of at least 4 members (excludes halogenated alkanes) is 2. The van der Waals surface area contributed by atoms with E-state index >= 15 is 0 Å². The molecule has 2 aliphatic rings. The standard InChI is InChI=1S/C56H72ClN7O9S/c1-36-15-16-37(27-42(36)44-31-59-35-74-44)30-60-49(68)55(70)23-25-64(33-55)56(34-65,51(2,3)4)62-45(66)32-63(50(69)73-52(5,6)7)24-13-12-14-26-71-40-20-17-38(18-21-40)46(67)61-47-53(8,9)48(54(47,10)11)72-41-22-19-39(29-58)43(57)28-41/h15-22,27-28,31,34-35,47-48,70H,12-14,23-26,30,32-33H2,1-11H3,(H,60,68)(H,61,67)(H,62,66)/t47-,48-,55-,56-/m1/s1. The number of nitrogens with one attached hydrogen (secondary N) is 3. The van der Waals surface area contributed by atoms with Crippen molar-refractivity contribution in [3.05, 3.63) is 99.6 Å². The van der Waals surface area contributed by atoms with Crippen LogP contribution in [0.5, 0.6) is 11.5 Å². The molecule has 4 aromatic rings. The fraction of sp³-hybridized carbons (Fsp3) is 0.518. The van der Waals surface area contributed by atoms with Gasteiger partial charge in [-0.3, -0.25) is 34.0 Å². The number of thiazole rings is 1. The lowest BCUT2D eigenvalue weighted by molar-refractivity contribution is -0.164. The molecule has 2 atom stereocenters. The number of nitriles is 1. The maximum Gasteiger partial charge on any atom is 0.410 e. The van der Waals surface area contributed by atoms with E-state index in [0.717, 1.165) is 21.6 Å². The molecule has 74 heavy (non-hydrogen) atoms. The molecule has 0 radical (unpaired) electrons. The normalized spacial score (nSPS) is 19.9. The predicted octanol–water partition coefficient (Wildman–Crippen LogP) is 8.85. The van der Waals surface area contributed by atoms with Crippen molar-refractivity contribution >= 4 is 53.0 Å². The number of carbonyl (C=O) groups is 5. The highest BCUT2D eigenvalue weighted by atomic mass is 35.5. The Hall–Kier alpha value is -6.06. The zero-order valence-electron chi connectivity index (χ0n) is 44.5. The zero-order chi connectivity index (χ0) is 54.4. The average Bonchev–Trinajstić information content (AvgIpc) is 4.02. The molecule has 3 aromatic carbocycles. The summed E-state index contributed by atoms with van der Waals surface area (Å²) in [4.78, 5) is 76.1. The maximum absolute atomic E-state index is 14.0. The largest absolute Gasteiger partial charge is 0.494 e.